The van der Waals surface area contributed by atoms with Crippen molar-refractivity contribution >= 4 is 18.0 Å². The lowest BCUT2D eigenvalue weighted by Crippen LogP contribution is -2.26. The quantitative estimate of drug-likeness (QED) is 0.819. The first kappa shape index (κ1) is 15.2. The number of benzene rings is 1. The van der Waals surface area contributed by atoms with E-state index in [1.165, 1.54) is 24.3 Å². The number of halogens is 1. The zero-order chi connectivity index (χ0) is 15.6. The summed E-state index contributed by atoms with van der Waals surface area (Å²) >= 11 is 0. The van der Waals surface area contributed by atoms with Crippen molar-refractivity contribution < 1.29 is 19.1 Å². The van der Waals surface area contributed by atoms with Gasteiger partial charge in [0.2, 0.25) is 5.91 Å². The molecule has 1 aliphatic rings. The third-order valence-electron chi connectivity index (χ3n) is 3.77. The van der Waals surface area contributed by atoms with Crippen LogP contribution in [0.2, 0.25) is 0 Å². The van der Waals surface area contributed by atoms with Crippen LogP contribution >= 0.6 is 0 Å². The fourth-order valence-electron chi connectivity index (χ4n) is 2.22. The number of rotatable bonds is 5. The molecule has 112 valence electrons. The molecule has 2 rings (SSSR count). The molecule has 1 atom stereocenters. The molecule has 5 heteroatoms. The van der Waals surface area contributed by atoms with Gasteiger partial charge in [0.05, 0.1) is 0 Å². The number of carbonyl (C=O) groups excluding carboxylic acids is 1. The normalized spacial score (nSPS) is 19.5. The van der Waals surface area contributed by atoms with Gasteiger partial charge in [-0.3, -0.25) is 4.79 Å². The lowest BCUT2D eigenvalue weighted by Gasteiger charge is -2.08. The van der Waals surface area contributed by atoms with Crippen molar-refractivity contribution in [1.82, 2.24) is 5.32 Å². The van der Waals surface area contributed by atoms with E-state index in [2.05, 4.69) is 5.32 Å². The molecule has 1 aromatic carbocycles. The van der Waals surface area contributed by atoms with Gasteiger partial charge in [-0.1, -0.05) is 19.9 Å². The maximum atomic E-state index is 13.7. The van der Waals surface area contributed by atoms with Gasteiger partial charge in [0, 0.05) is 24.1 Å². The van der Waals surface area contributed by atoms with Crippen LogP contribution in [0, 0.1) is 17.2 Å². The Hall–Kier alpha value is -2.17. The van der Waals surface area contributed by atoms with Crippen molar-refractivity contribution in [2.45, 2.75) is 26.8 Å². The number of carbonyl (C=O) groups is 2. The van der Waals surface area contributed by atoms with E-state index in [0.717, 1.165) is 12.5 Å². The predicted octanol–water partition coefficient (Wildman–Crippen LogP) is 2.59. The monoisotopic (exact) mass is 291 g/mol. The predicted molar refractivity (Wildman–Crippen MR) is 76.8 cm³/mol. The second-order valence-electron chi connectivity index (χ2n) is 5.99. The van der Waals surface area contributed by atoms with Crippen molar-refractivity contribution in [2.75, 3.05) is 0 Å². The Labute approximate surface area is 122 Å². The van der Waals surface area contributed by atoms with Crippen LogP contribution in [0.5, 0.6) is 0 Å². The zero-order valence-corrected chi connectivity index (χ0v) is 12.0. The third kappa shape index (κ3) is 3.90. The minimum absolute atomic E-state index is 0.00403. The van der Waals surface area contributed by atoms with E-state index in [4.69, 9.17) is 5.11 Å². The van der Waals surface area contributed by atoms with Crippen LogP contribution < -0.4 is 5.32 Å². The summed E-state index contributed by atoms with van der Waals surface area (Å²) in [6.45, 7) is 4.15. The maximum absolute atomic E-state index is 13.7. The Kier molecular flexibility index (Phi) is 4.11. The van der Waals surface area contributed by atoms with Gasteiger partial charge in [-0.15, -0.1) is 0 Å². The Morgan fingerprint density at radius 3 is 2.71 bits per heavy atom. The van der Waals surface area contributed by atoms with Crippen LogP contribution in [0.4, 0.5) is 4.39 Å². The smallest absolute Gasteiger partial charge is 0.328 e. The van der Waals surface area contributed by atoms with Crippen molar-refractivity contribution in [3.8, 4) is 0 Å². The molecule has 0 heterocycles. The number of hydrogen-bond donors (Lipinski definition) is 2. The molecular formula is C16H18FNO3. The molecule has 1 aliphatic carbocycles. The second kappa shape index (κ2) is 5.68. The van der Waals surface area contributed by atoms with E-state index in [-0.39, 0.29) is 23.8 Å². The van der Waals surface area contributed by atoms with Gasteiger partial charge in [0.25, 0.3) is 0 Å². The van der Waals surface area contributed by atoms with Crippen LogP contribution in [-0.2, 0) is 16.1 Å². The van der Waals surface area contributed by atoms with Crippen LogP contribution in [0.3, 0.4) is 0 Å². The van der Waals surface area contributed by atoms with E-state index >= 15 is 0 Å². The molecule has 2 N–H and O–H groups in total. The molecule has 1 fully saturated rings. The molecule has 0 bridgehead atoms. The number of hydrogen-bond acceptors (Lipinski definition) is 2. The molecule has 1 saturated carbocycles. The van der Waals surface area contributed by atoms with Crippen LogP contribution in [0.25, 0.3) is 6.08 Å². The topological polar surface area (TPSA) is 66.4 Å². The first-order valence-electron chi connectivity index (χ1n) is 6.77. The van der Waals surface area contributed by atoms with Gasteiger partial charge in [0.1, 0.15) is 5.82 Å². The second-order valence-corrected chi connectivity index (χ2v) is 5.99. The van der Waals surface area contributed by atoms with Gasteiger partial charge < -0.3 is 10.4 Å². The largest absolute Gasteiger partial charge is 0.478 e. The Bertz CT molecular complexity index is 608. The Morgan fingerprint density at radius 1 is 1.48 bits per heavy atom. The lowest BCUT2D eigenvalue weighted by atomic mass is 10.1. The molecule has 4 nitrogen and oxygen atoms in total. The minimum atomic E-state index is -1.06. The summed E-state index contributed by atoms with van der Waals surface area (Å²) in [5.74, 6) is -1.55. The minimum Gasteiger partial charge on any atom is -0.478 e. The molecule has 0 saturated heterocycles. The highest BCUT2D eigenvalue weighted by Crippen LogP contribution is 2.51. The number of carboxylic acid groups (broad SMARTS) is 1. The Balaban J connectivity index is 2.01. The number of amides is 1. The van der Waals surface area contributed by atoms with Gasteiger partial charge in [-0.2, -0.15) is 0 Å². The van der Waals surface area contributed by atoms with Crippen LogP contribution in [0.1, 0.15) is 31.4 Å². The molecule has 1 amide bonds. The van der Waals surface area contributed by atoms with Gasteiger partial charge in [-0.05, 0) is 35.6 Å². The molecule has 1 aromatic rings. The van der Waals surface area contributed by atoms with Crippen molar-refractivity contribution in [1.29, 1.82) is 0 Å². The molecule has 21 heavy (non-hydrogen) atoms. The highest BCUT2D eigenvalue weighted by Gasteiger charge is 2.50. The summed E-state index contributed by atoms with van der Waals surface area (Å²) < 4.78 is 13.7. The fourth-order valence-corrected chi connectivity index (χ4v) is 2.22. The van der Waals surface area contributed by atoms with Crippen LogP contribution in [0.15, 0.2) is 24.3 Å². The first-order valence-corrected chi connectivity index (χ1v) is 6.77. The van der Waals surface area contributed by atoms with Crippen molar-refractivity contribution in [3.05, 3.63) is 41.2 Å². The number of aliphatic carboxylic acids is 1. The molecule has 0 aliphatic heterocycles. The molecule has 0 spiro atoms. The molecule has 0 radical (unpaired) electrons. The summed E-state index contributed by atoms with van der Waals surface area (Å²) in [6.07, 6.45) is 3.22. The summed E-state index contributed by atoms with van der Waals surface area (Å²) in [5, 5.41) is 11.3. The van der Waals surface area contributed by atoms with Crippen LogP contribution in [-0.4, -0.2) is 17.0 Å². The van der Waals surface area contributed by atoms with Crippen molar-refractivity contribution in [3.63, 3.8) is 0 Å². The average Bonchev–Trinajstić information content (AvgIpc) is 3.05. The van der Waals surface area contributed by atoms with E-state index in [1.807, 2.05) is 13.8 Å². The molecule has 0 aromatic heterocycles. The van der Waals surface area contributed by atoms with Gasteiger partial charge >= 0.3 is 5.97 Å². The molecule has 1 unspecified atom stereocenters. The lowest BCUT2D eigenvalue weighted by molar-refractivity contribution is -0.131. The van der Waals surface area contributed by atoms with Gasteiger partial charge in [0.15, 0.2) is 0 Å². The fraction of sp³-hybridized carbons (Fsp3) is 0.375. The van der Waals surface area contributed by atoms with Gasteiger partial charge in [-0.25, -0.2) is 9.18 Å². The summed E-state index contributed by atoms with van der Waals surface area (Å²) in [5.41, 5.74) is 0.957. The van der Waals surface area contributed by atoms with E-state index in [1.54, 1.807) is 0 Å². The van der Waals surface area contributed by atoms with Crippen molar-refractivity contribution in [2.24, 2.45) is 11.3 Å². The van der Waals surface area contributed by atoms with E-state index in [9.17, 15) is 14.0 Å². The summed E-state index contributed by atoms with van der Waals surface area (Å²) in [6, 6.07) is 4.29. The average molecular weight is 291 g/mol. The van der Waals surface area contributed by atoms with E-state index < -0.39 is 11.8 Å². The molecular weight excluding hydrogens is 273 g/mol. The number of nitrogens with one attached hydrogen (secondary N) is 1. The first-order chi connectivity index (χ1) is 9.79. The zero-order valence-electron chi connectivity index (χ0n) is 12.0. The summed E-state index contributed by atoms with van der Waals surface area (Å²) in [4.78, 5) is 22.3. The van der Waals surface area contributed by atoms with E-state index in [0.29, 0.717) is 11.1 Å². The maximum Gasteiger partial charge on any atom is 0.328 e. The summed E-state index contributed by atoms with van der Waals surface area (Å²) in [7, 11) is 0. The SMILES string of the molecule is CC1(C)CC1C(=O)NCc1cc(/C=C/C(=O)O)ccc1F. The number of carboxylic acids is 1. The highest BCUT2D eigenvalue weighted by atomic mass is 19.1. The Morgan fingerprint density at radius 2 is 2.14 bits per heavy atom. The standard InChI is InChI=1S/C16H18FNO3/c1-16(2)8-12(16)15(21)18-9-11-7-10(3-5-13(11)17)4-6-14(19)20/h3-7,12H,8-9H2,1-2H3,(H,18,21)(H,19,20)/b6-4+. The third-order valence-corrected chi connectivity index (χ3v) is 3.77. The highest BCUT2D eigenvalue weighted by molar-refractivity contribution is 5.85.